The molecule has 0 radical (unpaired) electrons. The number of benzene rings is 1. The molecule has 4 atom stereocenters. The van der Waals surface area contributed by atoms with Crippen molar-refractivity contribution < 1.29 is 19.1 Å². The Morgan fingerprint density at radius 2 is 2.12 bits per heavy atom. The summed E-state index contributed by atoms with van der Waals surface area (Å²) in [5.74, 6) is 1.04. The summed E-state index contributed by atoms with van der Waals surface area (Å²) in [4.78, 5) is 32.6. The maximum atomic E-state index is 13.4. The Bertz CT molecular complexity index is 1000. The zero-order chi connectivity index (χ0) is 24.1. The van der Waals surface area contributed by atoms with Crippen molar-refractivity contribution in [1.29, 1.82) is 0 Å². The van der Waals surface area contributed by atoms with Crippen LogP contribution in [0.5, 0.6) is 5.75 Å². The zero-order valence-corrected chi connectivity index (χ0v) is 20.4. The monoisotopic (exact) mass is 468 g/mol. The van der Waals surface area contributed by atoms with E-state index in [2.05, 4.69) is 10.3 Å². The number of guanidine groups is 1. The highest BCUT2D eigenvalue weighted by molar-refractivity contribution is 5.99. The number of nitrogens with zero attached hydrogens (tertiary/aromatic N) is 2. The van der Waals surface area contributed by atoms with Gasteiger partial charge in [-0.05, 0) is 57.9 Å². The molecule has 4 aliphatic rings. The number of para-hydroxylation sites is 1. The van der Waals surface area contributed by atoms with E-state index >= 15 is 0 Å². The SMILES string of the molecule is COCCC(C1CC1C(=O)NC1CC2(CCC2)Oc2ccccc21)N1C(=O)CC(C)(C)N=C1N. The molecule has 184 valence electrons. The fourth-order valence-electron chi connectivity index (χ4n) is 5.96. The molecule has 2 amide bonds. The molecule has 0 aromatic heterocycles. The molecule has 4 unspecified atom stereocenters. The molecule has 0 bridgehead atoms. The highest BCUT2D eigenvalue weighted by Gasteiger charge is 2.53. The molecule has 5 rings (SSSR count). The molecule has 2 heterocycles. The molecule has 2 saturated carbocycles. The van der Waals surface area contributed by atoms with Crippen molar-refractivity contribution in [3.8, 4) is 5.75 Å². The van der Waals surface area contributed by atoms with E-state index in [9.17, 15) is 9.59 Å². The number of amides is 2. The Kier molecular flexibility index (Phi) is 5.82. The van der Waals surface area contributed by atoms with Gasteiger partial charge >= 0.3 is 0 Å². The zero-order valence-electron chi connectivity index (χ0n) is 20.4. The van der Waals surface area contributed by atoms with E-state index in [1.165, 1.54) is 6.42 Å². The largest absolute Gasteiger partial charge is 0.487 e. The Balaban J connectivity index is 1.31. The van der Waals surface area contributed by atoms with Crippen molar-refractivity contribution in [3.63, 3.8) is 0 Å². The minimum atomic E-state index is -0.502. The topological polar surface area (TPSA) is 106 Å². The molecule has 34 heavy (non-hydrogen) atoms. The highest BCUT2D eigenvalue weighted by atomic mass is 16.5. The first-order valence-corrected chi connectivity index (χ1v) is 12.5. The van der Waals surface area contributed by atoms with Crippen molar-refractivity contribution in [2.45, 2.75) is 82.0 Å². The third-order valence-corrected chi connectivity index (χ3v) is 7.92. The highest BCUT2D eigenvalue weighted by Crippen LogP contribution is 2.50. The number of hydrogen-bond donors (Lipinski definition) is 2. The van der Waals surface area contributed by atoms with Crippen molar-refractivity contribution in [3.05, 3.63) is 29.8 Å². The van der Waals surface area contributed by atoms with Gasteiger partial charge in [0.1, 0.15) is 11.4 Å². The summed E-state index contributed by atoms with van der Waals surface area (Å²) >= 11 is 0. The van der Waals surface area contributed by atoms with E-state index in [1.807, 2.05) is 38.1 Å². The van der Waals surface area contributed by atoms with Crippen molar-refractivity contribution in [2.75, 3.05) is 13.7 Å². The Hall–Kier alpha value is -2.61. The van der Waals surface area contributed by atoms with Crippen molar-refractivity contribution in [1.82, 2.24) is 10.2 Å². The van der Waals surface area contributed by atoms with Gasteiger partial charge in [0.25, 0.3) is 0 Å². The molecular formula is C26H36N4O4. The minimum absolute atomic E-state index is 0.0325. The number of carbonyl (C=O) groups excluding carboxylic acids is 2. The number of ether oxygens (including phenoxy) is 2. The first kappa shape index (κ1) is 23.1. The average Bonchev–Trinajstić information content (AvgIpc) is 3.54. The van der Waals surface area contributed by atoms with E-state index in [4.69, 9.17) is 15.2 Å². The van der Waals surface area contributed by atoms with Crippen LogP contribution in [0, 0.1) is 11.8 Å². The second-order valence-corrected chi connectivity index (χ2v) is 11.0. The van der Waals surface area contributed by atoms with Gasteiger partial charge in [0.05, 0.1) is 18.0 Å². The summed E-state index contributed by atoms with van der Waals surface area (Å²) < 4.78 is 11.6. The number of nitrogens with two attached hydrogens (primary N) is 1. The summed E-state index contributed by atoms with van der Waals surface area (Å²) in [6.45, 7) is 4.31. The lowest BCUT2D eigenvalue weighted by Gasteiger charge is -2.48. The summed E-state index contributed by atoms with van der Waals surface area (Å²) in [7, 11) is 1.64. The fourth-order valence-corrected chi connectivity index (χ4v) is 5.96. The maximum absolute atomic E-state index is 13.4. The third kappa shape index (κ3) is 4.28. The molecule has 2 fully saturated rings. The normalized spacial score (nSPS) is 29.4. The second kappa shape index (κ2) is 8.56. The first-order valence-electron chi connectivity index (χ1n) is 12.5. The molecule has 0 saturated heterocycles. The van der Waals surface area contributed by atoms with Crippen LogP contribution >= 0.6 is 0 Å². The van der Waals surface area contributed by atoms with Gasteiger partial charge in [-0.15, -0.1) is 0 Å². The van der Waals surface area contributed by atoms with E-state index in [-0.39, 0.29) is 47.3 Å². The van der Waals surface area contributed by atoms with Crippen LogP contribution in [0.1, 0.15) is 70.4 Å². The molecule has 1 aromatic rings. The predicted octanol–water partition coefficient (Wildman–Crippen LogP) is 2.92. The molecular weight excluding hydrogens is 432 g/mol. The molecule has 1 aromatic carbocycles. The van der Waals surface area contributed by atoms with E-state index < -0.39 is 5.54 Å². The van der Waals surface area contributed by atoms with Crippen molar-refractivity contribution in [2.24, 2.45) is 22.6 Å². The minimum Gasteiger partial charge on any atom is -0.487 e. The van der Waals surface area contributed by atoms with E-state index in [0.717, 1.165) is 37.0 Å². The third-order valence-electron chi connectivity index (χ3n) is 7.92. The number of methoxy groups -OCH3 is 1. The van der Waals surface area contributed by atoms with Crippen molar-refractivity contribution >= 4 is 17.8 Å². The van der Waals surface area contributed by atoms with Gasteiger partial charge < -0.3 is 20.5 Å². The number of rotatable bonds is 7. The Morgan fingerprint density at radius 1 is 1.35 bits per heavy atom. The van der Waals surface area contributed by atoms with Gasteiger partial charge in [-0.1, -0.05) is 18.2 Å². The Morgan fingerprint density at radius 3 is 2.79 bits per heavy atom. The number of nitrogens with one attached hydrogen (secondary N) is 1. The molecule has 2 aliphatic carbocycles. The van der Waals surface area contributed by atoms with Crippen LogP contribution in [0.15, 0.2) is 29.3 Å². The lowest BCUT2D eigenvalue weighted by molar-refractivity contribution is -0.132. The van der Waals surface area contributed by atoms with Crippen LogP contribution < -0.4 is 15.8 Å². The van der Waals surface area contributed by atoms with Crippen LogP contribution in [0.4, 0.5) is 0 Å². The number of fused-ring (bicyclic) bond motifs is 1. The number of carbonyl (C=O) groups is 2. The van der Waals surface area contributed by atoms with Gasteiger partial charge in [0.15, 0.2) is 5.96 Å². The van der Waals surface area contributed by atoms with Crippen LogP contribution in [0.25, 0.3) is 0 Å². The predicted molar refractivity (Wildman–Crippen MR) is 128 cm³/mol. The maximum Gasteiger partial charge on any atom is 0.231 e. The van der Waals surface area contributed by atoms with Gasteiger partial charge in [-0.2, -0.15) is 0 Å². The number of aliphatic imine (C=N–C) groups is 1. The van der Waals surface area contributed by atoms with Crippen LogP contribution in [0.2, 0.25) is 0 Å². The van der Waals surface area contributed by atoms with E-state index in [0.29, 0.717) is 19.4 Å². The molecule has 2 aliphatic heterocycles. The molecule has 3 N–H and O–H groups in total. The summed E-state index contributed by atoms with van der Waals surface area (Å²) in [5.41, 5.74) is 6.66. The lowest BCUT2D eigenvalue weighted by Crippen LogP contribution is -2.55. The molecule has 1 spiro atoms. The summed E-state index contributed by atoms with van der Waals surface area (Å²) in [5, 5.41) is 3.32. The smallest absolute Gasteiger partial charge is 0.231 e. The first-order chi connectivity index (χ1) is 16.2. The molecule has 8 nitrogen and oxygen atoms in total. The molecule has 8 heteroatoms. The second-order valence-electron chi connectivity index (χ2n) is 11.0. The standard InChI is InChI=1S/C26H36N4O4/c1-25(2)15-22(31)30(24(27)29-25)20(9-12-33-3)17-13-18(17)23(32)28-19-14-26(10-6-11-26)34-21-8-5-4-7-16(19)21/h4-5,7-8,17-20H,6,9-15H2,1-3H3,(H2,27,29)(H,28,32). The summed E-state index contributed by atoms with van der Waals surface area (Å²) in [6.07, 6.45) is 5.70. The van der Waals surface area contributed by atoms with Gasteiger partial charge in [-0.3, -0.25) is 14.5 Å². The number of hydrogen-bond acceptors (Lipinski definition) is 6. The van der Waals surface area contributed by atoms with Crippen LogP contribution in [-0.4, -0.2) is 53.6 Å². The van der Waals surface area contributed by atoms with Gasteiger partial charge in [0, 0.05) is 37.7 Å². The Labute approximate surface area is 201 Å². The lowest BCUT2D eigenvalue weighted by atomic mass is 9.73. The van der Waals surface area contributed by atoms with Gasteiger partial charge in [0.2, 0.25) is 11.8 Å². The van der Waals surface area contributed by atoms with Crippen LogP contribution in [-0.2, 0) is 14.3 Å². The van der Waals surface area contributed by atoms with Crippen LogP contribution in [0.3, 0.4) is 0 Å². The van der Waals surface area contributed by atoms with Gasteiger partial charge in [-0.25, -0.2) is 4.99 Å². The average molecular weight is 469 g/mol. The fraction of sp³-hybridized carbons (Fsp3) is 0.654. The van der Waals surface area contributed by atoms with E-state index in [1.54, 1.807) is 12.0 Å². The summed E-state index contributed by atoms with van der Waals surface area (Å²) in [6, 6.07) is 7.77. The quantitative estimate of drug-likeness (QED) is 0.640.